The molecule has 0 fully saturated rings. The lowest BCUT2D eigenvalue weighted by Crippen LogP contribution is -2.18. The molecule has 78 valence electrons. The Labute approximate surface area is 103 Å². The molecule has 0 N–H and O–H groups in total. The highest BCUT2D eigenvalue weighted by molar-refractivity contribution is 9.10. The maximum Gasteiger partial charge on any atom is 0.250 e. The lowest BCUT2D eigenvalue weighted by Gasteiger charge is -2.01. The van der Waals surface area contributed by atoms with Crippen molar-refractivity contribution >= 4 is 38.9 Å². The molecule has 0 saturated carbocycles. The van der Waals surface area contributed by atoms with Gasteiger partial charge in [-0.2, -0.15) is 0 Å². The number of aromatic nitrogens is 3. The maximum atomic E-state index is 11.4. The summed E-state index contributed by atoms with van der Waals surface area (Å²) in [5, 5.41) is 8.22. The molecule has 0 amide bonds. The van der Waals surface area contributed by atoms with Crippen LogP contribution in [-0.2, 0) is 6.54 Å². The van der Waals surface area contributed by atoms with Crippen LogP contribution in [0.5, 0.6) is 0 Å². The number of pyridine rings is 1. The third kappa shape index (κ3) is 2.64. The van der Waals surface area contributed by atoms with Crippen molar-refractivity contribution in [3.63, 3.8) is 0 Å². The first kappa shape index (κ1) is 10.8. The Hall–Kier alpha value is -0.720. The van der Waals surface area contributed by atoms with Crippen LogP contribution < -0.4 is 5.56 Å². The molecular weight excluding hydrogens is 302 g/mol. The molecular formula is C8H5BrClN3OS. The molecule has 0 aromatic carbocycles. The lowest BCUT2D eigenvalue weighted by molar-refractivity contribution is 0.741. The van der Waals surface area contributed by atoms with Crippen molar-refractivity contribution in [3.05, 3.63) is 42.6 Å². The minimum absolute atomic E-state index is 0.0791. The number of hydrogen-bond donors (Lipinski definition) is 0. The highest BCUT2D eigenvalue weighted by atomic mass is 79.9. The zero-order valence-corrected chi connectivity index (χ0v) is 10.5. The van der Waals surface area contributed by atoms with Gasteiger partial charge in [-0.25, -0.2) is 0 Å². The number of rotatable bonds is 2. The second kappa shape index (κ2) is 4.42. The van der Waals surface area contributed by atoms with Gasteiger partial charge >= 0.3 is 0 Å². The van der Waals surface area contributed by atoms with Crippen molar-refractivity contribution in [1.29, 1.82) is 0 Å². The first-order valence-electron chi connectivity index (χ1n) is 3.99. The fourth-order valence-electron chi connectivity index (χ4n) is 1.07. The lowest BCUT2D eigenvalue weighted by atomic mass is 10.4. The fraction of sp³-hybridized carbons (Fsp3) is 0.125. The van der Waals surface area contributed by atoms with E-state index in [1.165, 1.54) is 17.4 Å². The summed E-state index contributed by atoms with van der Waals surface area (Å²) in [5.41, 5.74) is -0.0791. The smallest absolute Gasteiger partial charge is 0.250 e. The topological polar surface area (TPSA) is 47.8 Å². The van der Waals surface area contributed by atoms with Crippen LogP contribution in [0.3, 0.4) is 0 Å². The van der Waals surface area contributed by atoms with Crippen molar-refractivity contribution in [3.8, 4) is 0 Å². The van der Waals surface area contributed by atoms with Gasteiger partial charge in [0.25, 0.3) is 5.56 Å². The van der Waals surface area contributed by atoms with Gasteiger partial charge in [0.15, 0.2) is 0 Å². The molecule has 0 aliphatic carbocycles. The molecule has 0 unspecified atom stereocenters. The monoisotopic (exact) mass is 305 g/mol. The van der Waals surface area contributed by atoms with Crippen molar-refractivity contribution in [1.82, 2.24) is 14.8 Å². The Morgan fingerprint density at radius 2 is 2.27 bits per heavy atom. The van der Waals surface area contributed by atoms with E-state index in [0.29, 0.717) is 16.0 Å². The summed E-state index contributed by atoms with van der Waals surface area (Å²) < 4.78 is 2.77. The van der Waals surface area contributed by atoms with Crippen LogP contribution in [0.4, 0.5) is 0 Å². The fourth-order valence-corrected chi connectivity index (χ4v) is 2.31. The van der Waals surface area contributed by atoms with Crippen LogP contribution in [0.1, 0.15) is 5.01 Å². The molecule has 0 spiro atoms. The average Bonchev–Trinajstić information content (AvgIpc) is 2.58. The van der Waals surface area contributed by atoms with Gasteiger partial charge < -0.3 is 4.57 Å². The molecule has 0 aliphatic heterocycles. The predicted molar refractivity (Wildman–Crippen MR) is 62.4 cm³/mol. The molecule has 0 aliphatic rings. The van der Waals surface area contributed by atoms with E-state index in [1.54, 1.807) is 16.8 Å². The van der Waals surface area contributed by atoms with Crippen LogP contribution >= 0.6 is 38.9 Å². The van der Waals surface area contributed by atoms with E-state index >= 15 is 0 Å². The van der Waals surface area contributed by atoms with E-state index in [1.807, 2.05) is 0 Å². The number of hydrogen-bond acceptors (Lipinski definition) is 4. The van der Waals surface area contributed by atoms with E-state index in [-0.39, 0.29) is 5.56 Å². The molecule has 0 bridgehead atoms. The first-order chi connectivity index (χ1) is 7.15. The SMILES string of the molecule is O=c1ccc(Br)cn1Cc1nnc(Cl)s1. The van der Waals surface area contributed by atoms with E-state index in [4.69, 9.17) is 11.6 Å². The van der Waals surface area contributed by atoms with Crippen molar-refractivity contribution in [2.45, 2.75) is 6.54 Å². The van der Waals surface area contributed by atoms with Gasteiger partial charge in [0.05, 0.1) is 6.54 Å². The Kier molecular flexibility index (Phi) is 3.18. The molecule has 2 heterocycles. The summed E-state index contributed by atoms with van der Waals surface area (Å²) in [6.45, 7) is 0.392. The van der Waals surface area contributed by atoms with Crippen molar-refractivity contribution < 1.29 is 0 Å². The zero-order valence-electron chi connectivity index (χ0n) is 7.35. The molecule has 0 atom stereocenters. The summed E-state index contributed by atoms with van der Waals surface area (Å²) >= 11 is 10.2. The summed E-state index contributed by atoms with van der Waals surface area (Å²) in [6, 6.07) is 3.19. The Balaban J connectivity index is 2.31. The largest absolute Gasteiger partial charge is 0.307 e. The molecule has 0 radical (unpaired) electrons. The van der Waals surface area contributed by atoms with Crippen molar-refractivity contribution in [2.75, 3.05) is 0 Å². The molecule has 15 heavy (non-hydrogen) atoms. The van der Waals surface area contributed by atoms with Gasteiger partial charge in [0, 0.05) is 16.7 Å². The molecule has 4 nitrogen and oxygen atoms in total. The second-order valence-corrected chi connectivity index (χ2v) is 5.32. The van der Waals surface area contributed by atoms with Crippen LogP contribution in [-0.4, -0.2) is 14.8 Å². The quantitative estimate of drug-likeness (QED) is 0.854. The maximum absolute atomic E-state index is 11.4. The van der Waals surface area contributed by atoms with Crippen molar-refractivity contribution in [2.24, 2.45) is 0 Å². The van der Waals surface area contributed by atoms with E-state index in [0.717, 1.165) is 4.47 Å². The van der Waals surface area contributed by atoms with Gasteiger partial charge in [-0.3, -0.25) is 4.79 Å². The van der Waals surface area contributed by atoms with Gasteiger partial charge in [-0.1, -0.05) is 11.3 Å². The second-order valence-electron chi connectivity index (χ2n) is 2.76. The summed E-state index contributed by atoms with van der Waals surface area (Å²) in [6.07, 6.45) is 1.71. The van der Waals surface area contributed by atoms with Gasteiger partial charge in [0.1, 0.15) is 5.01 Å². The number of halogens is 2. The summed E-state index contributed by atoms with van der Waals surface area (Å²) in [4.78, 5) is 11.4. The van der Waals surface area contributed by atoms with Crippen LogP contribution in [0.2, 0.25) is 4.47 Å². The van der Waals surface area contributed by atoms with Crippen LogP contribution in [0, 0.1) is 0 Å². The third-order valence-electron chi connectivity index (χ3n) is 1.70. The molecule has 2 aromatic heterocycles. The molecule has 0 saturated heterocycles. The molecule has 2 aromatic rings. The zero-order chi connectivity index (χ0) is 10.8. The summed E-state index contributed by atoms with van der Waals surface area (Å²) in [5.74, 6) is 0. The Morgan fingerprint density at radius 1 is 1.47 bits per heavy atom. The van der Waals surface area contributed by atoms with E-state index in [9.17, 15) is 4.79 Å². The molecule has 2 rings (SSSR count). The Morgan fingerprint density at radius 3 is 2.93 bits per heavy atom. The Bertz CT molecular complexity index is 539. The number of nitrogens with zero attached hydrogens (tertiary/aromatic N) is 3. The predicted octanol–water partition coefficient (Wildman–Crippen LogP) is 2.16. The van der Waals surface area contributed by atoms with Crippen LogP contribution in [0.25, 0.3) is 0 Å². The average molecular weight is 307 g/mol. The summed E-state index contributed by atoms with van der Waals surface area (Å²) in [7, 11) is 0. The van der Waals surface area contributed by atoms with Gasteiger partial charge in [-0.15, -0.1) is 10.2 Å². The normalized spacial score (nSPS) is 10.5. The van der Waals surface area contributed by atoms with Gasteiger partial charge in [-0.05, 0) is 33.6 Å². The highest BCUT2D eigenvalue weighted by Gasteiger charge is 2.04. The standard InChI is InChI=1S/C8H5BrClN3OS/c9-5-1-2-7(14)13(3-5)4-6-11-12-8(10)15-6/h1-3H,4H2. The molecule has 7 heteroatoms. The van der Waals surface area contributed by atoms with E-state index in [2.05, 4.69) is 26.1 Å². The first-order valence-corrected chi connectivity index (χ1v) is 5.98. The van der Waals surface area contributed by atoms with E-state index < -0.39 is 0 Å². The van der Waals surface area contributed by atoms with Gasteiger partial charge in [0.2, 0.25) is 4.47 Å². The van der Waals surface area contributed by atoms with Crippen LogP contribution in [0.15, 0.2) is 27.6 Å². The third-order valence-corrected chi connectivity index (χ3v) is 3.17. The highest BCUT2D eigenvalue weighted by Crippen LogP contribution is 2.15. The minimum Gasteiger partial charge on any atom is -0.307 e. The minimum atomic E-state index is -0.0791.